The standard InChI is InChI=1S/C16H16F3NO3/c1-3-10-9-20(14(21)13(10)15(22)23-4-2)12-7-5-6-11(8-12)16(17,18)19/h5-8H,3-4,9H2,1-2H3. The molecular formula is C16H16F3NO3. The first kappa shape index (κ1) is 17.1. The molecule has 0 saturated heterocycles. The zero-order valence-corrected chi connectivity index (χ0v) is 12.7. The third-order valence-corrected chi connectivity index (χ3v) is 3.55. The van der Waals surface area contributed by atoms with Crippen LogP contribution in [0, 0.1) is 0 Å². The summed E-state index contributed by atoms with van der Waals surface area (Å²) in [7, 11) is 0. The lowest BCUT2D eigenvalue weighted by Crippen LogP contribution is -2.29. The van der Waals surface area contributed by atoms with Gasteiger partial charge in [-0.1, -0.05) is 13.0 Å². The van der Waals surface area contributed by atoms with Gasteiger partial charge in [0, 0.05) is 12.2 Å². The lowest BCUT2D eigenvalue weighted by atomic mass is 10.1. The van der Waals surface area contributed by atoms with E-state index in [9.17, 15) is 22.8 Å². The fourth-order valence-corrected chi connectivity index (χ4v) is 2.41. The molecule has 0 radical (unpaired) electrons. The van der Waals surface area contributed by atoms with E-state index in [0.29, 0.717) is 12.0 Å². The molecule has 1 aromatic rings. The summed E-state index contributed by atoms with van der Waals surface area (Å²) < 4.78 is 43.3. The second kappa shape index (κ2) is 6.44. The normalized spacial score (nSPS) is 15.3. The maximum Gasteiger partial charge on any atom is 0.416 e. The average Bonchev–Trinajstić information content (AvgIpc) is 2.83. The number of halogens is 3. The number of alkyl halides is 3. The molecule has 1 heterocycles. The molecule has 0 aromatic heterocycles. The van der Waals surface area contributed by atoms with E-state index in [-0.39, 0.29) is 24.4 Å². The van der Waals surface area contributed by atoms with Crippen LogP contribution in [0.2, 0.25) is 0 Å². The van der Waals surface area contributed by atoms with E-state index in [2.05, 4.69) is 0 Å². The molecule has 0 spiro atoms. The molecule has 1 amide bonds. The van der Waals surface area contributed by atoms with E-state index in [1.54, 1.807) is 13.8 Å². The topological polar surface area (TPSA) is 46.6 Å². The van der Waals surface area contributed by atoms with Crippen LogP contribution in [0.3, 0.4) is 0 Å². The molecule has 1 aromatic carbocycles. The van der Waals surface area contributed by atoms with Crippen LogP contribution in [-0.2, 0) is 20.5 Å². The molecule has 1 aliphatic rings. The molecule has 0 atom stereocenters. The van der Waals surface area contributed by atoms with Crippen LogP contribution in [0.15, 0.2) is 35.4 Å². The summed E-state index contributed by atoms with van der Waals surface area (Å²) in [4.78, 5) is 25.5. The Bertz CT molecular complexity index is 665. The van der Waals surface area contributed by atoms with E-state index >= 15 is 0 Å². The Morgan fingerprint density at radius 3 is 2.57 bits per heavy atom. The minimum Gasteiger partial charge on any atom is -0.462 e. The lowest BCUT2D eigenvalue weighted by Gasteiger charge is -2.18. The van der Waals surface area contributed by atoms with Crippen molar-refractivity contribution in [1.29, 1.82) is 0 Å². The Kier molecular flexibility index (Phi) is 4.77. The van der Waals surface area contributed by atoms with Crippen LogP contribution in [0.5, 0.6) is 0 Å². The second-order valence-corrected chi connectivity index (χ2v) is 4.99. The van der Waals surface area contributed by atoms with Crippen LogP contribution in [0.25, 0.3) is 0 Å². The number of ether oxygens (including phenoxy) is 1. The number of benzene rings is 1. The van der Waals surface area contributed by atoms with Crippen molar-refractivity contribution in [2.45, 2.75) is 26.4 Å². The Hall–Kier alpha value is -2.31. The Labute approximate surface area is 131 Å². The van der Waals surface area contributed by atoms with Crippen molar-refractivity contribution in [3.8, 4) is 0 Å². The largest absolute Gasteiger partial charge is 0.462 e. The zero-order valence-electron chi connectivity index (χ0n) is 12.7. The molecule has 1 aliphatic heterocycles. The summed E-state index contributed by atoms with van der Waals surface area (Å²) in [5.41, 5.74) is -0.252. The quantitative estimate of drug-likeness (QED) is 0.629. The lowest BCUT2D eigenvalue weighted by molar-refractivity contribution is -0.140. The van der Waals surface area contributed by atoms with Gasteiger partial charge in [0.1, 0.15) is 5.57 Å². The second-order valence-electron chi connectivity index (χ2n) is 4.99. The highest BCUT2D eigenvalue weighted by molar-refractivity contribution is 6.24. The molecule has 0 fully saturated rings. The third kappa shape index (κ3) is 3.38. The Morgan fingerprint density at radius 2 is 2.00 bits per heavy atom. The molecule has 4 nitrogen and oxygen atoms in total. The van der Waals surface area contributed by atoms with Gasteiger partial charge >= 0.3 is 12.1 Å². The van der Waals surface area contributed by atoms with Crippen molar-refractivity contribution >= 4 is 17.6 Å². The van der Waals surface area contributed by atoms with Crippen molar-refractivity contribution in [2.24, 2.45) is 0 Å². The van der Waals surface area contributed by atoms with Gasteiger partial charge in [-0.3, -0.25) is 4.79 Å². The van der Waals surface area contributed by atoms with E-state index < -0.39 is 23.6 Å². The fraction of sp³-hybridized carbons (Fsp3) is 0.375. The summed E-state index contributed by atoms with van der Waals surface area (Å²) >= 11 is 0. The van der Waals surface area contributed by atoms with Crippen LogP contribution in [0.1, 0.15) is 25.8 Å². The third-order valence-electron chi connectivity index (χ3n) is 3.55. The van der Waals surface area contributed by atoms with Gasteiger partial charge in [-0.15, -0.1) is 0 Å². The van der Waals surface area contributed by atoms with Crippen molar-refractivity contribution in [2.75, 3.05) is 18.1 Å². The fourth-order valence-electron chi connectivity index (χ4n) is 2.41. The van der Waals surface area contributed by atoms with Gasteiger partial charge in [-0.05, 0) is 37.1 Å². The number of rotatable bonds is 4. The van der Waals surface area contributed by atoms with Crippen LogP contribution in [0.4, 0.5) is 18.9 Å². The first-order valence-corrected chi connectivity index (χ1v) is 7.17. The number of carbonyl (C=O) groups is 2. The highest BCUT2D eigenvalue weighted by atomic mass is 19.4. The number of anilines is 1. The molecule has 124 valence electrons. The van der Waals surface area contributed by atoms with E-state index in [0.717, 1.165) is 12.1 Å². The maximum atomic E-state index is 12.8. The SMILES string of the molecule is CCOC(=O)C1=C(CC)CN(c2cccc(C(F)(F)F)c2)C1=O. The van der Waals surface area contributed by atoms with Crippen LogP contribution < -0.4 is 4.90 Å². The van der Waals surface area contributed by atoms with Gasteiger partial charge in [0.05, 0.1) is 12.2 Å². The van der Waals surface area contributed by atoms with Gasteiger partial charge in [0.25, 0.3) is 5.91 Å². The van der Waals surface area contributed by atoms with E-state index in [4.69, 9.17) is 4.74 Å². The number of hydrogen-bond donors (Lipinski definition) is 0. The molecule has 0 aliphatic carbocycles. The van der Waals surface area contributed by atoms with Crippen molar-refractivity contribution in [1.82, 2.24) is 0 Å². The molecular weight excluding hydrogens is 311 g/mol. The molecule has 7 heteroatoms. The molecule has 0 unspecified atom stereocenters. The minimum atomic E-state index is -4.50. The zero-order chi connectivity index (χ0) is 17.2. The van der Waals surface area contributed by atoms with Crippen molar-refractivity contribution < 1.29 is 27.5 Å². The van der Waals surface area contributed by atoms with Gasteiger partial charge in [0.15, 0.2) is 0 Å². The number of hydrogen-bond acceptors (Lipinski definition) is 3. The van der Waals surface area contributed by atoms with E-state index in [1.165, 1.54) is 17.0 Å². The Balaban J connectivity index is 2.34. The first-order chi connectivity index (χ1) is 10.8. The summed E-state index contributed by atoms with van der Waals surface area (Å²) in [6, 6.07) is 4.48. The van der Waals surface area contributed by atoms with Gasteiger partial charge < -0.3 is 9.64 Å². The average molecular weight is 327 g/mol. The molecule has 23 heavy (non-hydrogen) atoms. The number of amides is 1. The number of esters is 1. The number of carbonyl (C=O) groups excluding carboxylic acids is 2. The van der Waals surface area contributed by atoms with Crippen LogP contribution in [-0.4, -0.2) is 25.0 Å². The van der Waals surface area contributed by atoms with Crippen molar-refractivity contribution in [3.63, 3.8) is 0 Å². The highest BCUT2D eigenvalue weighted by Gasteiger charge is 2.37. The monoisotopic (exact) mass is 327 g/mol. The summed E-state index contributed by atoms with van der Waals surface area (Å²) in [5.74, 6) is -1.36. The van der Waals surface area contributed by atoms with Crippen LogP contribution >= 0.6 is 0 Å². The molecule has 0 saturated carbocycles. The van der Waals surface area contributed by atoms with Crippen molar-refractivity contribution in [3.05, 3.63) is 41.0 Å². The summed E-state index contributed by atoms with van der Waals surface area (Å²) in [6.07, 6.45) is -4.06. The smallest absolute Gasteiger partial charge is 0.416 e. The first-order valence-electron chi connectivity index (χ1n) is 7.17. The van der Waals surface area contributed by atoms with Gasteiger partial charge in [-0.25, -0.2) is 4.79 Å². The maximum absolute atomic E-state index is 12.8. The summed E-state index contributed by atoms with van der Waals surface area (Å²) in [6.45, 7) is 3.60. The highest BCUT2D eigenvalue weighted by Crippen LogP contribution is 2.34. The molecule has 2 rings (SSSR count). The molecule has 0 N–H and O–H groups in total. The minimum absolute atomic E-state index is 0.0771. The molecule has 0 bridgehead atoms. The van der Waals surface area contributed by atoms with Gasteiger partial charge in [-0.2, -0.15) is 13.2 Å². The Morgan fingerprint density at radius 1 is 1.30 bits per heavy atom. The predicted octanol–water partition coefficient (Wildman–Crippen LogP) is 3.32. The van der Waals surface area contributed by atoms with E-state index in [1.807, 2.05) is 0 Å². The number of nitrogens with zero attached hydrogens (tertiary/aromatic N) is 1. The van der Waals surface area contributed by atoms with Gasteiger partial charge in [0.2, 0.25) is 0 Å². The predicted molar refractivity (Wildman–Crippen MR) is 77.7 cm³/mol. The summed E-state index contributed by atoms with van der Waals surface area (Å²) in [5, 5.41) is 0.